The number of aryl methyl sites for hydroxylation is 1. The summed E-state index contributed by atoms with van der Waals surface area (Å²) < 4.78 is 0. The van der Waals surface area contributed by atoms with Gasteiger partial charge in [0.15, 0.2) is 0 Å². The van der Waals surface area contributed by atoms with Crippen LogP contribution >= 0.6 is 0 Å². The fourth-order valence-electron chi connectivity index (χ4n) is 4.54. The van der Waals surface area contributed by atoms with Gasteiger partial charge in [-0.15, -0.1) is 0 Å². The molecule has 7 heteroatoms. The highest BCUT2D eigenvalue weighted by atomic mass is 16.2. The molecular formula is C28H31N5O2. The normalized spacial score (nSPS) is 17.5. The summed E-state index contributed by atoms with van der Waals surface area (Å²) in [5.41, 5.74) is 2.03. The second-order valence-corrected chi connectivity index (χ2v) is 8.40. The van der Waals surface area contributed by atoms with E-state index in [1.807, 2.05) is 111 Å². The molecule has 0 bridgehead atoms. The molecule has 35 heavy (non-hydrogen) atoms. The number of benzene rings is 3. The van der Waals surface area contributed by atoms with Crippen LogP contribution in [0.4, 0.5) is 11.4 Å². The van der Waals surface area contributed by atoms with Crippen molar-refractivity contribution in [3.63, 3.8) is 0 Å². The van der Waals surface area contributed by atoms with E-state index in [-0.39, 0.29) is 11.8 Å². The molecule has 1 heterocycles. The number of anilines is 2. The number of hydrazine groups is 1. The number of carbonyl (C=O) groups excluding carboxylic acids is 2. The first kappa shape index (κ1) is 24.2. The first-order chi connectivity index (χ1) is 16.9. The average Bonchev–Trinajstić information content (AvgIpc) is 3.16. The Labute approximate surface area is 206 Å². The van der Waals surface area contributed by atoms with E-state index < -0.39 is 5.66 Å². The molecule has 0 saturated heterocycles. The monoisotopic (exact) mass is 469 g/mol. The topological polar surface area (TPSA) is 68.2 Å². The Morgan fingerprint density at radius 1 is 0.914 bits per heavy atom. The Kier molecular flexibility index (Phi) is 6.98. The molecule has 1 N–H and O–H groups in total. The fraction of sp³-hybridized carbons (Fsp3) is 0.250. The van der Waals surface area contributed by atoms with Crippen molar-refractivity contribution in [3.8, 4) is 0 Å². The smallest absolute Gasteiger partial charge is 0.302 e. The number of nitrogens with one attached hydrogen (secondary N) is 1. The van der Waals surface area contributed by atoms with Gasteiger partial charge in [0.1, 0.15) is 5.71 Å². The van der Waals surface area contributed by atoms with Gasteiger partial charge in [0.05, 0.1) is 11.4 Å². The number of nitrogens with zero attached hydrogens (tertiary/aromatic N) is 4. The van der Waals surface area contributed by atoms with E-state index in [1.54, 1.807) is 0 Å². The van der Waals surface area contributed by atoms with Crippen molar-refractivity contribution in [1.29, 1.82) is 0 Å². The van der Waals surface area contributed by atoms with Crippen LogP contribution in [0.25, 0.3) is 0 Å². The molecule has 0 fully saturated rings. The number of hydrogen-bond acceptors (Lipinski definition) is 5. The molecular weight excluding hydrogens is 438 g/mol. The molecule has 7 nitrogen and oxygen atoms in total. The zero-order chi connectivity index (χ0) is 25.0. The van der Waals surface area contributed by atoms with Crippen LogP contribution < -0.4 is 15.3 Å². The van der Waals surface area contributed by atoms with Gasteiger partial charge in [-0.2, -0.15) is 10.1 Å². The molecule has 1 aliphatic rings. The molecule has 180 valence electrons. The highest BCUT2D eigenvalue weighted by Crippen LogP contribution is 2.37. The Morgan fingerprint density at radius 3 is 2.06 bits per heavy atom. The fourth-order valence-corrected chi connectivity index (χ4v) is 4.54. The Hall–Kier alpha value is -3.97. The number of rotatable bonds is 8. The third-order valence-corrected chi connectivity index (χ3v) is 6.12. The minimum Gasteiger partial charge on any atom is -0.319 e. The van der Waals surface area contributed by atoms with Crippen LogP contribution in [0.5, 0.6) is 0 Å². The van der Waals surface area contributed by atoms with Gasteiger partial charge in [0.2, 0.25) is 5.91 Å². The van der Waals surface area contributed by atoms with Crippen LogP contribution in [-0.2, 0) is 9.59 Å². The standard InChI is InChI=1S/C28H31N5O2/c1-5-31(6-2)33(25-20-14-13-15-21(25)3)28(29-22(4)34)26(23-16-9-7-10-17-23)30-32(27(28)35)24-18-11-8-12-19-24/h7-20H,5-6H2,1-4H3,(H,29,34). The van der Waals surface area contributed by atoms with Crippen molar-refractivity contribution in [1.82, 2.24) is 10.3 Å². The molecule has 1 atom stereocenters. The van der Waals surface area contributed by atoms with E-state index in [9.17, 15) is 9.59 Å². The van der Waals surface area contributed by atoms with E-state index in [0.29, 0.717) is 24.5 Å². The molecule has 3 aromatic rings. The third kappa shape index (κ3) is 4.31. The van der Waals surface area contributed by atoms with Crippen LogP contribution in [0.1, 0.15) is 31.9 Å². The van der Waals surface area contributed by atoms with E-state index >= 15 is 0 Å². The summed E-state index contributed by atoms with van der Waals surface area (Å²) in [4.78, 5) is 27.3. The molecule has 1 aliphatic heterocycles. The van der Waals surface area contributed by atoms with Gasteiger partial charge in [-0.25, -0.2) is 5.01 Å². The minimum atomic E-state index is -1.60. The van der Waals surface area contributed by atoms with Crippen molar-refractivity contribution in [2.75, 3.05) is 23.1 Å². The lowest BCUT2D eigenvalue weighted by Gasteiger charge is -2.47. The van der Waals surface area contributed by atoms with Gasteiger partial charge < -0.3 is 5.32 Å². The van der Waals surface area contributed by atoms with E-state index in [0.717, 1.165) is 16.8 Å². The van der Waals surface area contributed by atoms with Crippen molar-refractivity contribution in [3.05, 3.63) is 96.1 Å². The van der Waals surface area contributed by atoms with Crippen molar-refractivity contribution in [2.45, 2.75) is 33.4 Å². The first-order valence-corrected chi connectivity index (χ1v) is 11.9. The van der Waals surface area contributed by atoms with Crippen molar-refractivity contribution < 1.29 is 9.59 Å². The second kappa shape index (κ2) is 10.1. The summed E-state index contributed by atoms with van der Waals surface area (Å²) in [5.74, 6) is -0.685. The molecule has 2 amide bonds. The summed E-state index contributed by atoms with van der Waals surface area (Å²) in [6.07, 6.45) is 0. The Bertz CT molecular complexity index is 1220. The van der Waals surface area contributed by atoms with Crippen LogP contribution in [0, 0.1) is 6.92 Å². The predicted octanol–water partition coefficient (Wildman–Crippen LogP) is 4.34. The first-order valence-electron chi connectivity index (χ1n) is 11.9. The third-order valence-electron chi connectivity index (χ3n) is 6.12. The molecule has 0 spiro atoms. The molecule has 0 radical (unpaired) electrons. The van der Waals surface area contributed by atoms with Gasteiger partial charge >= 0.3 is 5.91 Å². The summed E-state index contributed by atoms with van der Waals surface area (Å²) >= 11 is 0. The van der Waals surface area contributed by atoms with Crippen molar-refractivity contribution >= 4 is 28.9 Å². The van der Waals surface area contributed by atoms with Gasteiger partial charge in [0.25, 0.3) is 5.66 Å². The van der Waals surface area contributed by atoms with E-state index in [1.165, 1.54) is 11.9 Å². The Balaban J connectivity index is 2.06. The zero-order valence-corrected chi connectivity index (χ0v) is 20.6. The molecule has 1 unspecified atom stereocenters. The lowest BCUT2D eigenvalue weighted by Crippen LogP contribution is -2.74. The summed E-state index contributed by atoms with van der Waals surface area (Å²) in [6.45, 7) is 8.73. The molecule has 4 rings (SSSR count). The van der Waals surface area contributed by atoms with Crippen molar-refractivity contribution in [2.24, 2.45) is 5.10 Å². The van der Waals surface area contributed by atoms with Crippen LogP contribution in [0.15, 0.2) is 90.0 Å². The predicted molar refractivity (Wildman–Crippen MR) is 140 cm³/mol. The van der Waals surface area contributed by atoms with Gasteiger partial charge in [-0.1, -0.05) is 80.6 Å². The largest absolute Gasteiger partial charge is 0.319 e. The summed E-state index contributed by atoms with van der Waals surface area (Å²) in [6, 6.07) is 26.7. The molecule has 3 aromatic carbocycles. The maximum absolute atomic E-state index is 14.5. The molecule has 0 saturated carbocycles. The van der Waals surface area contributed by atoms with Crippen LogP contribution in [-0.4, -0.2) is 41.3 Å². The van der Waals surface area contributed by atoms with E-state index in [4.69, 9.17) is 5.10 Å². The number of hydrazone groups is 1. The second-order valence-electron chi connectivity index (χ2n) is 8.40. The highest BCUT2D eigenvalue weighted by Gasteiger charge is 2.59. The average molecular weight is 470 g/mol. The zero-order valence-electron chi connectivity index (χ0n) is 20.6. The SMILES string of the molecule is CCN(CC)N(c1ccccc1C)C1(NC(C)=O)C(=O)N(c2ccccc2)N=C1c1ccccc1. The number of para-hydroxylation sites is 2. The van der Waals surface area contributed by atoms with Crippen LogP contribution in [0.2, 0.25) is 0 Å². The lowest BCUT2D eigenvalue weighted by atomic mass is 9.94. The number of amides is 2. The maximum Gasteiger partial charge on any atom is 0.302 e. The van der Waals surface area contributed by atoms with E-state index in [2.05, 4.69) is 10.3 Å². The van der Waals surface area contributed by atoms with Crippen LogP contribution in [0.3, 0.4) is 0 Å². The molecule has 0 aromatic heterocycles. The Morgan fingerprint density at radius 2 is 1.49 bits per heavy atom. The lowest BCUT2D eigenvalue weighted by molar-refractivity contribution is -0.129. The minimum absolute atomic E-state index is 0.331. The van der Waals surface area contributed by atoms with Gasteiger partial charge in [-0.05, 0) is 30.7 Å². The van der Waals surface area contributed by atoms with Gasteiger partial charge in [0, 0.05) is 25.6 Å². The highest BCUT2D eigenvalue weighted by molar-refractivity contribution is 6.31. The van der Waals surface area contributed by atoms with Gasteiger partial charge in [-0.3, -0.25) is 14.6 Å². The molecule has 0 aliphatic carbocycles. The summed E-state index contributed by atoms with van der Waals surface area (Å²) in [5, 5.41) is 13.3. The number of carbonyl (C=O) groups is 2. The maximum atomic E-state index is 14.5. The number of hydrogen-bond donors (Lipinski definition) is 1. The quantitative estimate of drug-likeness (QED) is 0.394. The summed E-state index contributed by atoms with van der Waals surface area (Å²) in [7, 11) is 0.